The molecule has 2 fully saturated rings. The van der Waals surface area contributed by atoms with E-state index in [0.717, 1.165) is 0 Å². The van der Waals surface area contributed by atoms with E-state index in [9.17, 15) is 23.2 Å². The summed E-state index contributed by atoms with van der Waals surface area (Å²) in [6.07, 6.45) is -0.190. The van der Waals surface area contributed by atoms with Gasteiger partial charge in [0.05, 0.1) is 29.7 Å². The normalized spacial score (nSPS) is 21.2. The molecule has 1 saturated heterocycles. The van der Waals surface area contributed by atoms with Crippen LogP contribution >= 0.6 is 0 Å². The van der Waals surface area contributed by atoms with Crippen LogP contribution in [0.2, 0.25) is 0 Å². The maximum absolute atomic E-state index is 14.4. The molecule has 1 aliphatic carbocycles. The van der Waals surface area contributed by atoms with E-state index in [2.05, 4.69) is 10.3 Å². The summed E-state index contributed by atoms with van der Waals surface area (Å²) >= 11 is 0. The van der Waals surface area contributed by atoms with Crippen LogP contribution < -0.4 is 10.1 Å². The number of hydrogen-bond acceptors (Lipinski definition) is 7. The van der Waals surface area contributed by atoms with Gasteiger partial charge >= 0.3 is 6.09 Å². The summed E-state index contributed by atoms with van der Waals surface area (Å²) in [5.41, 5.74) is -0.336. The number of nitrogens with one attached hydrogen (secondary N) is 1. The highest BCUT2D eigenvalue weighted by atomic mass is 19.3. The van der Waals surface area contributed by atoms with E-state index in [4.69, 9.17) is 14.2 Å². The van der Waals surface area contributed by atoms with Crippen LogP contribution in [-0.2, 0) is 24.5 Å². The molecular weight excluding hydrogens is 574 g/mol. The molecule has 0 unspecified atom stereocenters. The van der Waals surface area contributed by atoms with Crippen LogP contribution in [0.25, 0.3) is 11.0 Å². The summed E-state index contributed by atoms with van der Waals surface area (Å²) < 4.78 is 46.4. The van der Waals surface area contributed by atoms with Crippen LogP contribution in [0.3, 0.4) is 0 Å². The number of methoxy groups -OCH3 is 2. The van der Waals surface area contributed by atoms with Crippen molar-refractivity contribution in [1.82, 2.24) is 14.5 Å². The molecule has 44 heavy (non-hydrogen) atoms. The molecule has 1 aromatic carbocycles. The third-order valence-corrected chi connectivity index (χ3v) is 8.45. The largest absolute Gasteiger partial charge is 0.497 e. The Labute approximate surface area is 254 Å². The number of halogens is 2. The topological polar surface area (TPSA) is 112 Å². The van der Waals surface area contributed by atoms with Gasteiger partial charge in [-0.25, -0.2) is 18.6 Å². The van der Waals surface area contributed by atoms with E-state index < -0.39 is 53.9 Å². The molecule has 0 bridgehead atoms. The van der Waals surface area contributed by atoms with Crippen LogP contribution in [-0.4, -0.2) is 76.8 Å². The Morgan fingerprint density at radius 3 is 2.27 bits per heavy atom. The lowest BCUT2D eigenvalue weighted by Crippen LogP contribution is -2.56. The van der Waals surface area contributed by atoms with Gasteiger partial charge in [-0.15, -0.1) is 0 Å². The van der Waals surface area contributed by atoms with Gasteiger partial charge in [-0.05, 0) is 75.9 Å². The lowest BCUT2D eigenvalue weighted by Gasteiger charge is -2.42. The van der Waals surface area contributed by atoms with E-state index in [-0.39, 0.29) is 31.1 Å². The van der Waals surface area contributed by atoms with E-state index in [1.165, 1.54) is 23.7 Å². The van der Waals surface area contributed by atoms with Gasteiger partial charge in [0.1, 0.15) is 23.2 Å². The molecule has 3 heterocycles. The number of carbonyl (C=O) groups excluding carboxylic acids is 3. The molecule has 236 valence electrons. The highest BCUT2D eigenvalue weighted by Crippen LogP contribution is 2.47. The number of alkyl halides is 2. The number of benzene rings is 1. The van der Waals surface area contributed by atoms with Crippen molar-refractivity contribution in [2.75, 3.05) is 26.1 Å². The number of hydrogen-bond donors (Lipinski definition) is 1. The minimum Gasteiger partial charge on any atom is -0.497 e. The maximum Gasteiger partial charge on any atom is 0.419 e. The summed E-state index contributed by atoms with van der Waals surface area (Å²) in [5.74, 6) is -2.94. The van der Waals surface area contributed by atoms with E-state index in [1.807, 2.05) is 0 Å². The molecule has 1 aliphatic heterocycles. The maximum atomic E-state index is 14.4. The molecule has 0 radical (unpaired) electrons. The lowest BCUT2D eigenvalue weighted by atomic mass is 9.67. The summed E-state index contributed by atoms with van der Waals surface area (Å²) in [4.78, 5) is 46.8. The van der Waals surface area contributed by atoms with Crippen molar-refractivity contribution in [2.45, 2.75) is 82.0 Å². The predicted molar refractivity (Wildman–Crippen MR) is 159 cm³/mol. The second kappa shape index (κ2) is 11.8. The molecule has 3 aromatic rings. The summed E-state index contributed by atoms with van der Waals surface area (Å²) in [6, 6.07) is 10.7. The van der Waals surface area contributed by atoms with Crippen molar-refractivity contribution >= 4 is 34.8 Å². The zero-order chi connectivity index (χ0) is 31.9. The third kappa shape index (κ3) is 6.12. The molecular formula is C32H38F2N4O6. The highest BCUT2D eigenvalue weighted by molar-refractivity contribution is 6.00. The number of fused-ring (bicyclic) bond motifs is 1. The average molecular weight is 613 g/mol. The van der Waals surface area contributed by atoms with Crippen LogP contribution in [0, 0.1) is 0 Å². The SMILES string of the molecule is COc1ccc(C2(C(=O)N3CC[C@@H](OC)[C@@H]3C(=O)Nc3ccc4c(ccn4C(=O)OC(C)(C)C)n3)CCC(F)(F)CC2)cc1. The average Bonchev–Trinajstić information content (AvgIpc) is 3.61. The first-order chi connectivity index (χ1) is 20.8. The quantitative estimate of drug-likeness (QED) is 0.390. The first-order valence-corrected chi connectivity index (χ1v) is 14.7. The summed E-state index contributed by atoms with van der Waals surface area (Å²) in [5, 5.41) is 2.80. The minimum atomic E-state index is -2.86. The Bertz CT molecular complexity index is 1540. The summed E-state index contributed by atoms with van der Waals surface area (Å²) in [7, 11) is 3.00. The lowest BCUT2D eigenvalue weighted by molar-refractivity contribution is -0.148. The number of rotatable bonds is 6. The highest BCUT2D eigenvalue weighted by Gasteiger charge is 2.54. The van der Waals surface area contributed by atoms with E-state index >= 15 is 0 Å². The zero-order valence-electron chi connectivity index (χ0n) is 25.6. The molecule has 5 rings (SSSR count). The van der Waals surface area contributed by atoms with Crippen LogP contribution in [0.1, 0.15) is 58.4 Å². The second-order valence-electron chi connectivity index (χ2n) is 12.4. The fraction of sp³-hybridized carbons (Fsp3) is 0.500. The molecule has 2 aliphatic rings. The zero-order valence-corrected chi connectivity index (χ0v) is 25.6. The molecule has 2 atom stereocenters. The van der Waals surface area contributed by atoms with Crippen molar-refractivity contribution in [3.63, 3.8) is 0 Å². The number of likely N-dealkylation sites (tertiary alicyclic amines) is 1. The van der Waals surface area contributed by atoms with Gasteiger partial charge in [-0.1, -0.05) is 12.1 Å². The predicted octanol–water partition coefficient (Wildman–Crippen LogP) is 5.53. The van der Waals surface area contributed by atoms with Gasteiger partial charge in [0.15, 0.2) is 0 Å². The van der Waals surface area contributed by atoms with Gasteiger partial charge in [0, 0.05) is 32.7 Å². The monoisotopic (exact) mass is 612 g/mol. The molecule has 1 N–H and O–H groups in total. The van der Waals surface area contributed by atoms with Crippen LogP contribution in [0.15, 0.2) is 48.7 Å². The Balaban J connectivity index is 1.41. The standard InChI is InChI=1S/C32H38F2N4O6/c1-30(2,3)44-29(41)37-18-12-22-23(37)10-11-25(35-22)36-27(39)26-24(43-5)13-19-38(26)28(40)31(14-16-32(33,34)17-15-31)20-6-8-21(42-4)9-7-20/h6-12,18,24,26H,13-17,19H2,1-5H3,(H,35,36,39)/t24-,26-/m1/s1. The Morgan fingerprint density at radius 2 is 1.66 bits per heavy atom. The molecule has 10 nitrogen and oxygen atoms in total. The number of amides is 2. The van der Waals surface area contributed by atoms with Crippen molar-refractivity contribution in [1.29, 1.82) is 0 Å². The molecule has 2 aromatic heterocycles. The Hall–Kier alpha value is -4.06. The number of anilines is 1. The number of aromatic nitrogens is 2. The number of nitrogens with zero attached hydrogens (tertiary/aromatic N) is 3. The number of carbonyl (C=O) groups is 3. The van der Waals surface area contributed by atoms with Crippen molar-refractivity contribution in [2.24, 2.45) is 0 Å². The third-order valence-electron chi connectivity index (χ3n) is 8.45. The first-order valence-electron chi connectivity index (χ1n) is 14.7. The second-order valence-corrected chi connectivity index (χ2v) is 12.4. The van der Waals surface area contributed by atoms with Crippen molar-refractivity contribution in [3.05, 3.63) is 54.2 Å². The van der Waals surface area contributed by atoms with Gasteiger partial charge in [0.2, 0.25) is 11.8 Å². The summed E-state index contributed by atoms with van der Waals surface area (Å²) in [6.45, 7) is 5.55. The molecule has 0 spiro atoms. The van der Waals surface area contributed by atoms with Gasteiger partial charge in [-0.3, -0.25) is 14.2 Å². The van der Waals surface area contributed by atoms with Crippen molar-refractivity contribution < 1.29 is 37.4 Å². The van der Waals surface area contributed by atoms with Gasteiger partial charge in [0.25, 0.3) is 5.91 Å². The number of ether oxygens (including phenoxy) is 3. The first kappa shape index (κ1) is 31.4. The van der Waals surface area contributed by atoms with E-state index in [0.29, 0.717) is 28.8 Å². The fourth-order valence-corrected chi connectivity index (χ4v) is 6.16. The van der Waals surface area contributed by atoms with Gasteiger partial charge < -0.3 is 24.4 Å². The Morgan fingerprint density at radius 1 is 0.977 bits per heavy atom. The molecule has 1 saturated carbocycles. The minimum absolute atomic E-state index is 0.0550. The number of pyridine rings is 1. The van der Waals surface area contributed by atoms with Gasteiger partial charge in [-0.2, -0.15) is 0 Å². The van der Waals surface area contributed by atoms with E-state index in [1.54, 1.807) is 69.4 Å². The van der Waals surface area contributed by atoms with Crippen LogP contribution in [0.5, 0.6) is 5.75 Å². The smallest absolute Gasteiger partial charge is 0.419 e. The fourth-order valence-electron chi connectivity index (χ4n) is 6.16. The molecule has 2 amide bonds. The van der Waals surface area contributed by atoms with Crippen molar-refractivity contribution in [3.8, 4) is 5.75 Å². The van der Waals surface area contributed by atoms with Crippen LogP contribution in [0.4, 0.5) is 19.4 Å². The molecule has 12 heteroatoms. The Kier molecular flexibility index (Phi) is 8.41.